The van der Waals surface area contributed by atoms with Crippen LogP contribution in [0, 0.1) is 13.8 Å². The largest absolute Gasteiger partial charge is 0.491 e. The van der Waals surface area contributed by atoms with Gasteiger partial charge in [-0.3, -0.25) is 4.98 Å². The molecular formula is C29H30N4OS. The van der Waals surface area contributed by atoms with E-state index in [-0.39, 0.29) is 18.2 Å². The molecule has 0 spiro atoms. The van der Waals surface area contributed by atoms with Crippen molar-refractivity contribution in [3.8, 4) is 11.4 Å². The smallest absolute Gasteiger partial charge is 0.174 e. The van der Waals surface area contributed by atoms with E-state index in [2.05, 4.69) is 88.3 Å². The van der Waals surface area contributed by atoms with Crippen LogP contribution in [0.2, 0.25) is 0 Å². The summed E-state index contributed by atoms with van der Waals surface area (Å²) < 4.78 is 8.12. The van der Waals surface area contributed by atoms with Crippen molar-refractivity contribution in [1.82, 2.24) is 14.9 Å². The molecule has 2 atom stereocenters. The van der Waals surface area contributed by atoms with Gasteiger partial charge in [0.05, 0.1) is 17.8 Å². The average Bonchev–Trinajstić information content (AvgIpc) is 3.46. The van der Waals surface area contributed by atoms with Crippen LogP contribution in [0.15, 0.2) is 85.2 Å². The van der Waals surface area contributed by atoms with Crippen LogP contribution < -0.4 is 15.0 Å². The molecule has 0 bridgehead atoms. The summed E-state index contributed by atoms with van der Waals surface area (Å²) in [5.41, 5.74) is 6.78. The zero-order chi connectivity index (χ0) is 24.5. The van der Waals surface area contributed by atoms with E-state index in [0.29, 0.717) is 5.11 Å². The van der Waals surface area contributed by atoms with Crippen LogP contribution in [0.4, 0.5) is 5.69 Å². The number of aryl methyl sites for hydroxylation is 2. The van der Waals surface area contributed by atoms with Gasteiger partial charge in [-0.25, -0.2) is 0 Å². The number of hydrogen-bond acceptors (Lipinski definition) is 3. The van der Waals surface area contributed by atoms with Gasteiger partial charge in [-0.1, -0.05) is 12.1 Å². The fourth-order valence-corrected chi connectivity index (χ4v) is 4.98. The highest BCUT2D eigenvalue weighted by Crippen LogP contribution is 2.42. The molecule has 3 heterocycles. The zero-order valence-electron chi connectivity index (χ0n) is 20.5. The van der Waals surface area contributed by atoms with Crippen molar-refractivity contribution in [2.24, 2.45) is 0 Å². The van der Waals surface area contributed by atoms with Crippen molar-refractivity contribution in [2.45, 2.75) is 45.9 Å². The minimum absolute atomic E-state index is 0.0918. The predicted octanol–water partition coefficient (Wildman–Crippen LogP) is 6.45. The molecule has 1 fully saturated rings. The van der Waals surface area contributed by atoms with Gasteiger partial charge in [-0.15, -0.1) is 0 Å². The van der Waals surface area contributed by atoms with Gasteiger partial charge in [-0.2, -0.15) is 0 Å². The molecule has 5 rings (SSSR count). The molecule has 2 aromatic heterocycles. The van der Waals surface area contributed by atoms with Crippen LogP contribution >= 0.6 is 12.2 Å². The number of hydrogen-bond donors (Lipinski definition) is 1. The summed E-state index contributed by atoms with van der Waals surface area (Å²) in [6.45, 7) is 8.35. The van der Waals surface area contributed by atoms with Crippen molar-refractivity contribution in [3.63, 3.8) is 0 Å². The lowest BCUT2D eigenvalue weighted by Crippen LogP contribution is -2.30. The van der Waals surface area contributed by atoms with Crippen LogP contribution in [0.25, 0.3) is 5.69 Å². The maximum atomic E-state index is 5.90. The minimum atomic E-state index is -0.101. The van der Waals surface area contributed by atoms with E-state index >= 15 is 0 Å². The normalized spacial score (nSPS) is 17.6. The SMILES string of the molecule is Cc1ccc(-n2cccc2[C@@H]2[C@H](c3ccccn3)NC(=S)N2c2ccc(OC(C)C)cc2)cc1C. The summed E-state index contributed by atoms with van der Waals surface area (Å²) in [6.07, 6.45) is 4.08. The van der Waals surface area contributed by atoms with E-state index in [0.717, 1.165) is 28.5 Å². The highest BCUT2D eigenvalue weighted by Gasteiger charge is 2.42. The van der Waals surface area contributed by atoms with Crippen LogP contribution in [-0.4, -0.2) is 20.8 Å². The quantitative estimate of drug-likeness (QED) is 0.320. The number of nitrogens with one attached hydrogen (secondary N) is 1. The third kappa shape index (κ3) is 4.54. The first-order valence-electron chi connectivity index (χ1n) is 11.9. The van der Waals surface area contributed by atoms with Gasteiger partial charge in [0.15, 0.2) is 5.11 Å². The summed E-state index contributed by atoms with van der Waals surface area (Å²) in [6, 6.07) is 24.8. The number of thiocarbonyl (C=S) groups is 1. The Labute approximate surface area is 212 Å². The lowest BCUT2D eigenvalue weighted by atomic mass is 10.0. The molecule has 1 N–H and O–H groups in total. The summed E-state index contributed by atoms with van der Waals surface area (Å²) >= 11 is 5.90. The Morgan fingerprint density at radius 3 is 2.37 bits per heavy atom. The molecule has 0 amide bonds. The lowest BCUT2D eigenvalue weighted by molar-refractivity contribution is 0.242. The third-order valence-corrected chi connectivity index (χ3v) is 6.75. The second-order valence-corrected chi connectivity index (χ2v) is 9.62. The number of aromatic nitrogens is 2. The van der Waals surface area contributed by atoms with Gasteiger partial charge in [-0.05, 0) is 112 Å². The van der Waals surface area contributed by atoms with Crippen molar-refractivity contribution in [1.29, 1.82) is 0 Å². The highest BCUT2D eigenvalue weighted by molar-refractivity contribution is 7.80. The van der Waals surface area contributed by atoms with Gasteiger partial charge in [0.1, 0.15) is 11.8 Å². The van der Waals surface area contributed by atoms with Gasteiger partial charge in [0, 0.05) is 29.5 Å². The number of nitrogens with zero attached hydrogens (tertiary/aromatic N) is 3. The summed E-state index contributed by atoms with van der Waals surface area (Å²) in [7, 11) is 0. The van der Waals surface area contributed by atoms with Gasteiger partial charge >= 0.3 is 0 Å². The van der Waals surface area contributed by atoms with Crippen molar-refractivity contribution >= 4 is 23.0 Å². The molecule has 6 heteroatoms. The van der Waals surface area contributed by atoms with Crippen molar-refractivity contribution in [2.75, 3.05) is 4.90 Å². The van der Waals surface area contributed by atoms with E-state index in [4.69, 9.17) is 17.0 Å². The predicted molar refractivity (Wildman–Crippen MR) is 145 cm³/mol. The maximum Gasteiger partial charge on any atom is 0.174 e. The lowest BCUT2D eigenvalue weighted by Gasteiger charge is -2.29. The van der Waals surface area contributed by atoms with E-state index in [1.807, 2.05) is 44.3 Å². The van der Waals surface area contributed by atoms with Crippen LogP contribution in [0.5, 0.6) is 5.75 Å². The first-order valence-corrected chi connectivity index (χ1v) is 12.4. The monoisotopic (exact) mass is 482 g/mol. The molecule has 178 valence electrons. The van der Waals surface area contributed by atoms with Gasteiger partial charge in [0.2, 0.25) is 0 Å². The standard InChI is InChI=1S/C29H30N4OS/c1-19(2)34-24-14-12-22(13-15-24)33-28(27(31-29(33)35)25-8-5-6-16-30-25)26-9-7-17-32(26)23-11-10-20(3)21(4)18-23/h5-19,27-28H,1-4H3,(H,31,35)/t27-,28+/m0/s1. The van der Waals surface area contributed by atoms with Crippen molar-refractivity contribution < 1.29 is 4.74 Å². The van der Waals surface area contributed by atoms with Crippen LogP contribution in [-0.2, 0) is 0 Å². The molecule has 0 saturated carbocycles. The molecule has 0 aliphatic carbocycles. The van der Waals surface area contributed by atoms with E-state index in [9.17, 15) is 0 Å². The first kappa shape index (κ1) is 23.1. The molecule has 1 aliphatic heterocycles. The molecular weight excluding hydrogens is 452 g/mol. The Morgan fingerprint density at radius 2 is 1.69 bits per heavy atom. The molecule has 4 aromatic rings. The van der Waals surface area contributed by atoms with Gasteiger partial charge in [0.25, 0.3) is 0 Å². The number of benzene rings is 2. The van der Waals surface area contributed by atoms with E-state index < -0.39 is 0 Å². The Balaban J connectivity index is 1.61. The van der Waals surface area contributed by atoms with E-state index in [1.165, 1.54) is 11.1 Å². The first-order chi connectivity index (χ1) is 16.9. The van der Waals surface area contributed by atoms with E-state index in [1.54, 1.807) is 0 Å². The Morgan fingerprint density at radius 1 is 0.914 bits per heavy atom. The minimum Gasteiger partial charge on any atom is -0.491 e. The summed E-state index contributed by atoms with van der Waals surface area (Å²) in [5.74, 6) is 0.846. The molecule has 1 saturated heterocycles. The number of pyridine rings is 1. The molecule has 0 radical (unpaired) electrons. The summed E-state index contributed by atoms with van der Waals surface area (Å²) in [4.78, 5) is 6.88. The molecule has 0 unspecified atom stereocenters. The second kappa shape index (κ2) is 9.55. The number of anilines is 1. The van der Waals surface area contributed by atoms with Crippen LogP contribution in [0.3, 0.4) is 0 Å². The summed E-state index contributed by atoms with van der Waals surface area (Å²) in [5, 5.41) is 4.23. The number of ether oxygens (including phenoxy) is 1. The number of rotatable bonds is 6. The van der Waals surface area contributed by atoms with Crippen LogP contribution in [0.1, 0.15) is 48.4 Å². The fourth-order valence-electron chi connectivity index (χ4n) is 4.64. The average molecular weight is 483 g/mol. The highest BCUT2D eigenvalue weighted by atomic mass is 32.1. The fraction of sp³-hybridized carbons (Fsp3) is 0.241. The Kier molecular flexibility index (Phi) is 6.31. The Hall–Kier alpha value is -3.64. The topological polar surface area (TPSA) is 42.3 Å². The molecule has 1 aliphatic rings. The Bertz CT molecular complexity index is 1330. The molecule has 5 nitrogen and oxygen atoms in total. The van der Waals surface area contributed by atoms with Gasteiger partial charge < -0.3 is 19.5 Å². The molecule has 2 aromatic carbocycles. The maximum absolute atomic E-state index is 5.90. The molecule has 35 heavy (non-hydrogen) atoms. The second-order valence-electron chi connectivity index (χ2n) is 9.23. The third-order valence-electron chi connectivity index (χ3n) is 6.44. The zero-order valence-corrected chi connectivity index (χ0v) is 21.3. The van der Waals surface area contributed by atoms with Crippen molar-refractivity contribution in [3.05, 3.63) is 108 Å².